The van der Waals surface area contributed by atoms with Gasteiger partial charge in [-0.3, -0.25) is 0 Å². The molecule has 7 nitrogen and oxygen atoms in total. The lowest BCUT2D eigenvalue weighted by molar-refractivity contribution is 0.425. The smallest absolute Gasteiger partial charge is 0.259 e. The van der Waals surface area contributed by atoms with Gasteiger partial charge in [-0.15, -0.1) is 5.10 Å². The molecule has 5 aromatic rings. The molecule has 0 saturated carbocycles. The summed E-state index contributed by atoms with van der Waals surface area (Å²) in [7, 11) is 0. The maximum Gasteiger partial charge on any atom is 0.259 e. The van der Waals surface area contributed by atoms with E-state index >= 15 is 0 Å². The first-order chi connectivity index (χ1) is 13.7. The molecule has 0 radical (unpaired) electrons. The van der Waals surface area contributed by atoms with E-state index in [1.165, 1.54) is 11.8 Å². The number of hydrogen-bond acceptors (Lipinski definition) is 7. The van der Waals surface area contributed by atoms with Gasteiger partial charge in [-0.1, -0.05) is 52.8 Å². The van der Waals surface area contributed by atoms with Gasteiger partial charge in [0.25, 0.3) is 5.89 Å². The second-order valence-corrected chi connectivity index (χ2v) is 7.44. The third kappa shape index (κ3) is 3.00. The van der Waals surface area contributed by atoms with Crippen LogP contribution in [0.15, 0.2) is 58.2 Å². The highest BCUT2D eigenvalue weighted by molar-refractivity contribution is 7.98. The Morgan fingerprint density at radius 1 is 1.04 bits per heavy atom. The lowest BCUT2D eigenvalue weighted by Crippen LogP contribution is -1.99. The van der Waals surface area contributed by atoms with Crippen molar-refractivity contribution in [1.29, 1.82) is 0 Å². The van der Waals surface area contributed by atoms with Crippen LogP contribution in [0, 0.1) is 6.92 Å². The molecule has 0 aliphatic heterocycles. The number of hydrogen-bond donors (Lipinski definition) is 0. The molecule has 0 aliphatic rings. The molecule has 0 N–H and O–H groups in total. The Balaban J connectivity index is 1.47. The highest BCUT2D eigenvalue weighted by Gasteiger charge is 2.15. The van der Waals surface area contributed by atoms with Crippen molar-refractivity contribution < 1.29 is 4.52 Å². The summed E-state index contributed by atoms with van der Waals surface area (Å²) in [5.41, 5.74) is 2.37. The zero-order chi connectivity index (χ0) is 19.1. The number of halogens is 1. The Morgan fingerprint density at radius 3 is 2.75 bits per heavy atom. The third-order valence-corrected chi connectivity index (χ3v) is 5.41. The van der Waals surface area contributed by atoms with Gasteiger partial charge in [-0.05, 0) is 31.2 Å². The van der Waals surface area contributed by atoms with E-state index in [1.54, 1.807) is 10.6 Å². The van der Waals surface area contributed by atoms with Crippen LogP contribution in [0.2, 0.25) is 5.02 Å². The lowest BCUT2D eigenvalue weighted by atomic mass is 10.2. The fraction of sp³-hybridized carbons (Fsp3) is 0.105. The van der Waals surface area contributed by atoms with E-state index in [4.69, 9.17) is 21.1 Å². The van der Waals surface area contributed by atoms with Crippen LogP contribution in [0.3, 0.4) is 0 Å². The molecule has 0 unspecified atom stereocenters. The van der Waals surface area contributed by atoms with E-state index in [-0.39, 0.29) is 0 Å². The minimum Gasteiger partial charge on any atom is -0.334 e. The van der Waals surface area contributed by atoms with Crippen molar-refractivity contribution in [3.05, 3.63) is 65.2 Å². The van der Waals surface area contributed by atoms with Crippen LogP contribution < -0.4 is 0 Å². The molecule has 0 atom stereocenters. The Kier molecular flexibility index (Phi) is 4.22. The monoisotopic (exact) mass is 408 g/mol. The highest BCUT2D eigenvalue weighted by Crippen LogP contribution is 2.28. The first-order valence-corrected chi connectivity index (χ1v) is 9.88. The molecule has 0 fully saturated rings. The summed E-state index contributed by atoms with van der Waals surface area (Å²) in [6.07, 6.45) is 0. The quantitative estimate of drug-likeness (QED) is 0.318. The number of nitrogens with zero attached hydrogens (tertiary/aromatic N) is 6. The van der Waals surface area contributed by atoms with Gasteiger partial charge >= 0.3 is 0 Å². The molecule has 28 heavy (non-hydrogen) atoms. The van der Waals surface area contributed by atoms with Crippen molar-refractivity contribution in [3.63, 3.8) is 0 Å². The first kappa shape index (κ1) is 17.2. The van der Waals surface area contributed by atoms with Gasteiger partial charge in [0.1, 0.15) is 5.82 Å². The average molecular weight is 409 g/mol. The fourth-order valence-electron chi connectivity index (χ4n) is 2.91. The van der Waals surface area contributed by atoms with Crippen molar-refractivity contribution in [3.8, 4) is 11.5 Å². The van der Waals surface area contributed by atoms with E-state index in [0.29, 0.717) is 33.9 Å². The Morgan fingerprint density at radius 2 is 1.86 bits per heavy atom. The van der Waals surface area contributed by atoms with Gasteiger partial charge in [0.15, 0.2) is 16.6 Å². The number of para-hydroxylation sites is 1. The lowest BCUT2D eigenvalue weighted by Gasteiger charge is -2.04. The van der Waals surface area contributed by atoms with Crippen molar-refractivity contribution in [1.82, 2.24) is 29.7 Å². The fourth-order valence-corrected chi connectivity index (χ4v) is 3.92. The summed E-state index contributed by atoms with van der Waals surface area (Å²) in [5, 5.41) is 10.8. The maximum absolute atomic E-state index is 6.20. The van der Waals surface area contributed by atoms with Gasteiger partial charge in [0, 0.05) is 5.39 Å². The molecule has 138 valence electrons. The van der Waals surface area contributed by atoms with Gasteiger partial charge < -0.3 is 4.52 Å². The summed E-state index contributed by atoms with van der Waals surface area (Å²) >= 11 is 7.68. The zero-order valence-electron chi connectivity index (χ0n) is 14.7. The molecule has 0 aliphatic carbocycles. The Labute approximate surface area is 168 Å². The zero-order valence-corrected chi connectivity index (χ0v) is 16.3. The second kappa shape index (κ2) is 6.88. The minimum absolute atomic E-state index is 0.398. The van der Waals surface area contributed by atoms with Crippen LogP contribution in [0.25, 0.3) is 28.0 Å². The number of rotatable bonds is 4. The normalized spacial score (nSPS) is 11.5. The molecule has 9 heteroatoms. The SMILES string of the molecule is Cc1nc2c3ccccc3nc(SCc3noc(-c4ccccc4Cl)n3)n2n1. The van der Waals surface area contributed by atoms with Crippen LogP contribution in [-0.4, -0.2) is 29.7 Å². The van der Waals surface area contributed by atoms with E-state index in [9.17, 15) is 0 Å². The predicted molar refractivity (Wildman–Crippen MR) is 107 cm³/mol. The van der Waals surface area contributed by atoms with Gasteiger partial charge in [-0.25, -0.2) is 9.97 Å². The molecule has 2 aromatic carbocycles. The molecule has 3 heterocycles. The number of fused-ring (bicyclic) bond motifs is 3. The van der Waals surface area contributed by atoms with E-state index in [2.05, 4.69) is 20.2 Å². The maximum atomic E-state index is 6.20. The highest BCUT2D eigenvalue weighted by atomic mass is 35.5. The summed E-state index contributed by atoms with van der Waals surface area (Å²) in [6, 6.07) is 15.3. The van der Waals surface area contributed by atoms with Crippen LogP contribution in [0.1, 0.15) is 11.6 Å². The molecular formula is C19H13ClN6OS. The predicted octanol–water partition coefficient (Wildman–Crippen LogP) is 4.58. The van der Waals surface area contributed by atoms with Gasteiger partial charge in [-0.2, -0.15) is 9.50 Å². The van der Waals surface area contributed by atoms with E-state index in [1.807, 2.05) is 49.4 Å². The van der Waals surface area contributed by atoms with Crippen molar-refractivity contribution in [2.24, 2.45) is 0 Å². The second-order valence-electron chi connectivity index (χ2n) is 6.09. The summed E-state index contributed by atoms with van der Waals surface area (Å²) in [6.45, 7) is 1.87. The molecule has 0 spiro atoms. The van der Waals surface area contributed by atoms with Gasteiger partial charge in [0.2, 0.25) is 0 Å². The largest absolute Gasteiger partial charge is 0.334 e. The van der Waals surface area contributed by atoms with Crippen molar-refractivity contribution in [2.75, 3.05) is 0 Å². The minimum atomic E-state index is 0.398. The van der Waals surface area contributed by atoms with E-state index in [0.717, 1.165) is 21.7 Å². The molecule has 3 aromatic heterocycles. The van der Waals surface area contributed by atoms with Crippen LogP contribution >= 0.6 is 23.4 Å². The van der Waals surface area contributed by atoms with Crippen LogP contribution in [0.4, 0.5) is 0 Å². The summed E-state index contributed by atoms with van der Waals surface area (Å²) in [5.74, 6) is 2.13. The Bertz CT molecular complexity index is 1310. The first-order valence-electron chi connectivity index (χ1n) is 8.51. The van der Waals surface area contributed by atoms with E-state index < -0.39 is 0 Å². The number of benzene rings is 2. The summed E-state index contributed by atoms with van der Waals surface area (Å²) in [4.78, 5) is 13.7. The molecule has 0 bridgehead atoms. The molecule has 5 rings (SSSR count). The molecule has 0 saturated heterocycles. The van der Waals surface area contributed by atoms with Crippen LogP contribution in [-0.2, 0) is 5.75 Å². The van der Waals surface area contributed by atoms with Crippen molar-refractivity contribution >= 4 is 39.9 Å². The molecular weight excluding hydrogens is 396 g/mol. The third-order valence-electron chi connectivity index (χ3n) is 4.16. The topological polar surface area (TPSA) is 82.0 Å². The number of aromatic nitrogens is 6. The Hall–Kier alpha value is -2.97. The van der Waals surface area contributed by atoms with Gasteiger partial charge in [0.05, 0.1) is 21.9 Å². The summed E-state index contributed by atoms with van der Waals surface area (Å²) < 4.78 is 7.13. The number of thioether (sulfide) groups is 1. The standard InChI is InChI=1S/C19H13ClN6OS/c1-11-21-17-13-7-3-5-9-15(13)22-19(26(17)24-11)28-10-16-23-18(27-25-16)12-6-2-4-8-14(12)20/h2-9H,10H2,1H3. The van der Waals surface area contributed by atoms with Crippen LogP contribution in [0.5, 0.6) is 0 Å². The molecule has 0 amide bonds. The average Bonchev–Trinajstić information content (AvgIpc) is 3.33. The number of aryl methyl sites for hydroxylation is 1. The van der Waals surface area contributed by atoms with Crippen molar-refractivity contribution in [2.45, 2.75) is 17.8 Å².